The van der Waals surface area contributed by atoms with E-state index in [2.05, 4.69) is 46.3 Å². The molecule has 1 heterocycles. The van der Waals surface area contributed by atoms with Gasteiger partial charge in [0.25, 0.3) is 0 Å². The number of halogens is 1. The molecule has 1 fully saturated rings. The highest BCUT2D eigenvalue weighted by Crippen LogP contribution is 2.24. The van der Waals surface area contributed by atoms with E-state index in [0.29, 0.717) is 6.61 Å². The van der Waals surface area contributed by atoms with Crippen LogP contribution < -0.4 is 4.74 Å². The molecule has 0 N–H and O–H groups in total. The van der Waals surface area contributed by atoms with Gasteiger partial charge in [-0.3, -0.25) is 0 Å². The first-order valence-corrected chi connectivity index (χ1v) is 7.54. The normalized spacial score (nSPS) is 19.5. The number of hydrogen-bond acceptors (Lipinski definition) is 2. The third-order valence-corrected chi connectivity index (χ3v) is 3.98. The lowest BCUT2D eigenvalue weighted by atomic mass is 10.1. The summed E-state index contributed by atoms with van der Waals surface area (Å²) in [6.45, 7) is 1.53. The predicted molar refractivity (Wildman–Crippen MR) is 80.7 cm³/mol. The molecule has 0 spiro atoms. The maximum atomic E-state index is 5.85. The number of ether oxygens (including phenoxy) is 2. The Kier molecular flexibility index (Phi) is 4.04. The van der Waals surface area contributed by atoms with Gasteiger partial charge < -0.3 is 9.47 Å². The van der Waals surface area contributed by atoms with E-state index in [9.17, 15) is 0 Å². The largest absolute Gasteiger partial charge is 0.491 e. The van der Waals surface area contributed by atoms with Crippen LogP contribution in [0.4, 0.5) is 0 Å². The highest BCUT2D eigenvalue weighted by Gasteiger charge is 2.14. The molecule has 0 radical (unpaired) electrons. The molecule has 0 aliphatic carbocycles. The van der Waals surface area contributed by atoms with Crippen molar-refractivity contribution in [1.82, 2.24) is 0 Å². The Morgan fingerprint density at radius 1 is 1.11 bits per heavy atom. The molecule has 3 heteroatoms. The van der Waals surface area contributed by atoms with Crippen molar-refractivity contribution in [3.8, 4) is 5.75 Å². The molecule has 19 heavy (non-hydrogen) atoms. The van der Waals surface area contributed by atoms with Gasteiger partial charge in [-0.15, -0.1) is 0 Å². The maximum absolute atomic E-state index is 5.85. The maximum Gasteiger partial charge on any atom is 0.120 e. The quantitative estimate of drug-likeness (QED) is 0.826. The van der Waals surface area contributed by atoms with Crippen molar-refractivity contribution in [3.05, 3.63) is 40.9 Å². The second-order valence-electron chi connectivity index (χ2n) is 4.95. The molecular weight excluding hydrogens is 304 g/mol. The first kappa shape index (κ1) is 12.9. The van der Waals surface area contributed by atoms with Crippen LogP contribution in [0.1, 0.15) is 19.3 Å². The lowest BCUT2D eigenvalue weighted by Gasteiger charge is -2.22. The summed E-state index contributed by atoms with van der Waals surface area (Å²) in [5.41, 5.74) is 0. The van der Waals surface area contributed by atoms with Gasteiger partial charge in [0.2, 0.25) is 0 Å². The van der Waals surface area contributed by atoms with E-state index in [1.54, 1.807) is 0 Å². The molecule has 0 bridgehead atoms. The molecule has 0 saturated carbocycles. The number of rotatable bonds is 3. The summed E-state index contributed by atoms with van der Waals surface area (Å²) in [6.07, 6.45) is 3.80. The number of fused-ring (bicyclic) bond motifs is 1. The van der Waals surface area contributed by atoms with Crippen LogP contribution in [0.25, 0.3) is 10.8 Å². The fraction of sp³-hybridized carbons (Fsp3) is 0.375. The third-order valence-electron chi connectivity index (χ3n) is 3.48. The number of hydrogen-bond donors (Lipinski definition) is 0. The van der Waals surface area contributed by atoms with Crippen LogP contribution in [-0.2, 0) is 4.74 Å². The van der Waals surface area contributed by atoms with Crippen LogP contribution in [-0.4, -0.2) is 19.3 Å². The van der Waals surface area contributed by atoms with Crippen molar-refractivity contribution >= 4 is 26.7 Å². The van der Waals surface area contributed by atoms with Gasteiger partial charge in [0.1, 0.15) is 12.4 Å². The highest BCUT2D eigenvalue weighted by atomic mass is 79.9. The average Bonchev–Trinajstić information content (AvgIpc) is 2.46. The van der Waals surface area contributed by atoms with Crippen molar-refractivity contribution in [2.24, 2.45) is 0 Å². The zero-order valence-electron chi connectivity index (χ0n) is 10.8. The molecule has 0 aromatic heterocycles. The first-order chi connectivity index (χ1) is 9.31. The molecule has 1 unspecified atom stereocenters. The lowest BCUT2D eigenvalue weighted by Crippen LogP contribution is -2.25. The molecule has 1 saturated heterocycles. The van der Waals surface area contributed by atoms with Crippen molar-refractivity contribution in [2.75, 3.05) is 13.2 Å². The van der Waals surface area contributed by atoms with Gasteiger partial charge in [0.15, 0.2) is 0 Å². The molecule has 2 nitrogen and oxygen atoms in total. The molecule has 1 aliphatic rings. The van der Waals surface area contributed by atoms with Crippen molar-refractivity contribution in [1.29, 1.82) is 0 Å². The SMILES string of the molecule is Brc1ccc2cc(OCC3CCCCO3)ccc2c1. The van der Waals surface area contributed by atoms with Gasteiger partial charge in [-0.2, -0.15) is 0 Å². The van der Waals surface area contributed by atoms with Crippen molar-refractivity contribution in [3.63, 3.8) is 0 Å². The predicted octanol–water partition coefficient (Wildman–Crippen LogP) is 4.55. The zero-order chi connectivity index (χ0) is 13.1. The molecule has 0 amide bonds. The first-order valence-electron chi connectivity index (χ1n) is 6.75. The Bertz CT molecular complexity index is 562. The molecular formula is C16H17BrO2. The summed E-state index contributed by atoms with van der Waals surface area (Å²) in [4.78, 5) is 0. The van der Waals surface area contributed by atoms with Crippen LogP contribution in [0.2, 0.25) is 0 Å². The molecule has 1 atom stereocenters. The van der Waals surface area contributed by atoms with Crippen LogP contribution >= 0.6 is 15.9 Å². The minimum Gasteiger partial charge on any atom is -0.491 e. The van der Waals surface area contributed by atoms with Crippen molar-refractivity contribution < 1.29 is 9.47 Å². The van der Waals surface area contributed by atoms with Crippen LogP contribution in [0.5, 0.6) is 5.75 Å². The van der Waals surface area contributed by atoms with E-state index in [0.717, 1.165) is 23.2 Å². The standard InChI is InChI=1S/C16H17BrO2/c17-14-6-4-13-10-15(7-5-12(13)9-14)19-11-16-3-1-2-8-18-16/h4-7,9-10,16H,1-3,8,11H2. The Balaban J connectivity index is 1.69. The summed E-state index contributed by atoms with van der Waals surface area (Å²) in [6, 6.07) is 12.5. The van der Waals surface area contributed by atoms with Crippen molar-refractivity contribution in [2.45, 2.75) is 25.4 Å². The summed E-state index contributed by atoms with van der Waals surface area (Å²) in [5.74, 6) is 0.920. The van der Waals surface area contributed by atoms with E-state index in [1.165, 1.54) is 23.6 Å². The molecule has 3 rings (SSSR count). The monoisotopic (exact) mass is 320 g/mol. The van der Waals surface area contributed by atoms with E-state index < -0.39 is 0 Å². The average molecular weight is 321 g/mol. The van der Waals surface area contributed by atoms with E-state index in [1.807, 2.05) is 6.07 Å². The van der Waals surface area contributed by atoms with Gasteiger partial charge >= 0.3 is 0 Å². The summed E-state index contributed by atoms with van der Waals surface area (Å²) >= 11 is 3.49. The van der Waals surface area contributed by atoms with Crippen LogP contribution in [0.3, 0.4) is 0 Å². The molecule has 2 aromatic rings. The molecule has 1 aliphatic heterocycles. The highest BCUT2D eigenvalue weighted by molar-refractivity contribution is 9.10. The zero-order valence-corrected chi connectivity index (χ0v) is 12.4. The second kappa shape index (κ2) is 5.93. The smallest absolute Gasteiger partial charge is 0.120 e. The van der Waals surface area contributed by atoms with Gasteiger partial charge in [0.05, 0.1) is 6.10 Å². The van der Waals surface area contributed by atoms with Crippen LogP contribution in [0, 0.1) is 0 Å². The molecule has 2 aromatic carbocycles. The number of benzene rings is 2. The summed E-state index contributed by atoms with van der Waals surface area (Å²) in [7, 11) is 0. The summed E-state index contributed by atoms with van der Waals surface area (Å²) in [5, 5.41) is 2.42. The fourth-order valence-corrected chi connectivity index (χ4v) is 2.79. The molecule has 100 valence electrons. The van der Waals surface area contributed by atoms with Gasteiger partial charge in [-0.25, -0.2) is 0 Å². The van der Waals surface area contributed by atoms with Gasteiger partial charge in [-0.05, 0) is 54.3 Å². The van der Waals surface area contributed by atoms with Gasteiger partial charge in [-0.1, -0.05) is 28.1 Å². The Morgan fingerprint density at radius 3 is 2.79 bits per heavy atom. The Labute approximate surface area is 121 Å². The Hall–Kier alpha value is -1.06. The Morgan fingerprint density at radius 2 is 1.95 bits per heavy atom. The topological polar surface area (TPSA) is 18.5 Å². The minimum absolute atomic E-state index is 0.259. The van der Waals surface area contributed by atoms with Gasteiger partial charge in [0, 0.05) is 11.1 Å². The fourth-order valence-electron chi connectivity index (χ4n) is 2.41. The van der Waals surface area contributed by atoms with E-state index in [-0.39, 0.29) is 6.10 Å². The minimum atomic E-state index is 0.259. The van der Waals surface area contributed by atoms with E-state index in [4.69, 9.17) is 9.47 Å². The second-order valence-corrected chi connectivity index (χ2v) is 5.87. The third kappa shape index (κ3) is 3.28. The summed E-state index contributed by atoms with van der Waals surface area (Å²) < 4.78 is 12.6. The lowest BCUT2D eigenvalue weighted by molar-refractivity contribution is -0.0110. The van der Waals surface area contributed by atoms with Crippen LogP contribution in [0.15, 0.2) is 40.9 Å². The van der Waals surface area contributed by atoms with E-state index >= 15 is 0 Å².